The van der Waals surface area contributed by atoms with Crippen molar-refractivity contribution in [1.82, 2.24) is 9.78 Å². The number of aryl methyl sites for hydroxylation is 1. The molecule has 0 unspecified atom stereocenters. The predicted octanol–water partition coefficient (Wildman–Crippen LogP) is 1.65. The van der Waals surface area contributed by atoms with Gasteiger partial charge in [-0.3, -0.25) is 4.68 Å². The molecule has 0 saturated carbocycles. The van der Waals surface area contributed by atoms with Crippen LogP contribution in [0.4, 0.5) is 5.69 Å². The van der Waals surface area contributed by atoms with Crippen LogP contribution in [0.15, 0.2) is 6.20 Å². The Morgan fingerprint density at radius 1 is 1.33 bits per heavy atom. The second kappa shape index (κ2) is 4.58. The van der Waals surface area contributed by atoms with Gasteiger partial charge in [0.1, 0.15) is 0 Å². The Hall–Kier alpha value is -0.410. The molecule has 0 saturated heterocycles. The Kier molecular flexibility index (Phi) is 4.42. The largest absolute Gasteiger partial charge is 0.396 e. The zero-order valence-electron chi connectivity index (χ0n) is 6.69. The summed E-state index contributed by atoms with van der Waals surface area (Å²) in [4.78, 5) is 0. The fourth-order valence-electron chi connectivity index (χ4n) is 1.45. The molecule has 0 aliphatic carbocycles. The van der Waals surface area contributed by atoms with Gasteiger partial charge in [0.05, 0.1) is 17.6 Å². The number of nitrogens with zero attached hydrogens (tertiary/aromatic N) is 2. The Balaban J connectivity index is 0.000000605. The summed E-state index contributed by atoms with van der Waals surface area (Å²) in [5.74, 6) is 0. The summed E-state index contributed by atoms with van der Waals surface area (Å²) in [6, 6.07) is 0. The summed E-state index contributed by atoms with van der Waals surface area (Å²) in [6.45, 7) is 1.05. The minimum absolute atomic E-state index is 0. The maximum atomic E-state index is 5.68. The maximum absolute atomic E-state index is 5.68. The van der Waals surface area contributed by atoms with E-state index in [1.54, 1.807) is 6.20 Å². The smallest absolute Gasteiger partial charge is 0.0733 e. The minimum atomic E-state index is 0. The third-order valence-electron chi connectivity index (χ3n) is 2.01. The Labute approximate surface area is 84.1 Å². The number of hydrogen-bond acceptors (Lipinski definition) is 2. The van der Waals surface area contributed by atoms with E-state index in [1.807, 2.05) is 4.68 Å². The lowest BCUT2D eigenvalue weighted by molar-refractivity contribution is 0.487. The van der Waals surface area contributed by atoms with E-state index in [1.165, 1.54) is 18.5 Å². The van der Waals surface area contributed by atoms with Gasteiger partial charge in [-0.15, -0.1) is 24.8 Å². The SMILES string of the molecule is Cl.Cl.Nc1cnn2c1CCCC2. The van der Waals surface area contributed by atoms with Crippen molar-refractivity contribution in [3.8, 4) is 0 Å². The lowest BCUT2D eigenvalue weighted by Crippen LogP contribution is -2.11. The van der Waals surface area contributed by atoms with E-state index >= 15 is 0 Å². The normalized spacial score (nSPS) is 14.0. The molecule has 0 amide bonds. The molecule has 1 aromatic rings. The maximum Gasteiger partial charge on any atom is 0.0733 e. The van der Waals surface area contributed by atoms with E-state index < -0.39 is 0 Å². The van der Waals surface area contributed by atoms with Crippen LogP contribution in [-0.4, -0.2) is 9.78 Å². The predicted molar refractivity (Wildman–Crippen MR) is 54.1 cm³/mol. The third kappa shape index (κ3) is 1.84. The molecule has 3 nitrogen and oxygen atoms in total. The molecule has 0 radical (unpaired) electrons. The van der Waals surface area contributed by atoms with Gasteiger partial charge in [-0.05, 0) is 19.3 Å². The van der Waals surface area contributed by atoms with Crippen molar-refractivity contribution in [1.29, 1.82) is 0 Å². The van der Waals surface area contributed by atoms with Crippen molar-refractivity contribution in [2.45, 2.75) is 25.8 Å². The molecule has 1 aromatic heterocycles. The quantitative estimate of drug-likeness (QED) is 0.707. The van der Waals surface area contributed by atoms with E-state index in [9.17, 15) is 0 Å². The number of aromatic nitrogens is 2. The topological polar surface area (TPSA) is 43.8 Å². The highest BCUT2D eigenvalue weighted by Gasteiger charge is 2.11. The van der Waals surface area contributed by atoms with Gasteiger partial charge >= 0.3 is 0 Å². The molecule has 0 fully saturated rings. The van der Waals surface area contributed by atoms with Gasteiger partial charge in [0.25, 0.3) is 0 Å². The fourth-order valence-corrected chi connectivity index (χ4v) is 1.45. The van der Waals surface area contributed by atoms with Crippen LogP contribution in [0.1, 0.15) is 18.5 Å². The molecular formula is C7H13Cl2N3. The van der Waals surface area contributed by atoms with Crippen molar-refractivity contribution >= 4 is 30.5 Å². The second-order valence-electron chi connectivity index (χ2n) is 2.73. The van der Waals surface area contributed by atoms with Gasteiger partial charge in [0.2, 0.25) is 0 Å². The summed E-state index contributed by atoms with van der Waals surface area (Å²) < 4.78 is 2.01. The molecule has 0 aromatic carbocycles. The molecule has 70 valence electrons. The molecule has 5 heteroatoms. The van der Waals surface area contributed by atoms with Crippen LogP contribution in [0.2, 0.25) is 0 Å². The molecule has 2 rings (SSSR count). The molecule has 0 atom stereocenters. The van der Waals surface area contributed by atoms with Crippen LogP contribution >= 0.6 is 24.8 Å². The van der Waals surface area contributed by atoms with Gasteiger partial charge in [0, 0.05) is 6.54 Å². The van der Waals surface area contributed by atoms with Crippen molar-refractivity contribution in [3.63, 3.8) is 0 Å². The summed E-state index contributed by atoms with van der Waals surface area (Å²) in [7, 11) is 0. The van der Waals surface area contributed by atoms with Crippen LogP contribution in [0.3, 0.4) is 0 Å². The first-order valence-electron chi connectivity index (χ1n) is 3.68. The summed E-state index contributed by atoms with van der Waals surface area (Å²) in [5.41, 5.74) is 7.77. The number of nitrogens with two attached hydrogens (primary N) is 1. The van der Waals surface area contributed by atoms with E-state index in [2.05, 4.69) is 5.10 Å². The van der Waals surface area contributed by atoms with Crippen LogP contribution in [-0.2, 0) is 13.0 Å². The first kappa shape index (κ1) is 11.6. The van der Waals surface area contributed by atoms with Crippen LogP contribution in [0, 0.1) is 0 Å². The zero-order valence-corrected chi connectivity index (χ0v) is 8.33. The van der Waals surface area contributed by atoms with Crippen LogP contribution < -0.4 is 5.73 Å². The van der Waals surface area contributed by atoms with Gasteiger partial charge in [-0.1, -0.05) is 0 Å². The lowest BCUT2D eigenvalue weighted by Gasteiger charge is -2.12. The summed E-state index contributed by atoms with van der Waals surface area (Å²) in [5, 5.41) is 4.15. The molecular weight excluding hydrogens is 197 g/mol. The highest BCUT2D eigenvalue weighted by atomic mass is 35.5. The number of anilines is 1. The molecule has 2 heterocycles. The summed E-state index contributed by atoms with van der Waals surface area (Å²) >= 11 is 0. The zero-order chi connectivity index (χ0) is 6.97. The summed E-state index contributed by atoms with van der Waals surface area (Å²) in [6.07, 6.45) is 5.36. The van der Waals surface area contributed by atoms with E-state index in [0.717, 1.165) is 18.7 Å². The number of fused-ring (bicyclic) bond motifs is 1. The minimum Gasteiger partial charge on any atom is -0.396 e. The van der Waals surface area contributed by atoms with Gasteiger partial charge in [0.15, 0.2) is 0 Å². The molecule has 1 aliphatic rings. The van der Waals surface area contributed by atoms with Crippen LogP contribution in [0.25, 0.3) is 0 Å². The van der Waals surface area contributed by atoms with Gasteiger partial charge < -0.3 is 5.73 Å². The van der Waals surface area contributed by atoms with E-state index in [-0.39, 0.29) is 24.8 Å². The first-order chi connectivity index (χ1) is 4.88. The van der Waals surface area contributed by atoms with Crippen molar-refractivity contribution in [2.75, 3.05) is 5.73 Å². The van der Waals surface area contributed by atoms with Gasteiger partial charge in [-0.25, -0.2) is 0 Å². The van der Waals surface area contributed by atoms with E-state index in [0.29, 0.717) is 0 Å². The molecule has 0 spiro atoms. The Morgan fingerprint density at radius 3 is 2.75 bits per heavy atom. The number of rotatable bonds is 0. The number of nitrogen functional groups attached to an aromatic ring is 1. The fraction of sp³-hybridized carbons (Fsp3) is 0.571. The van der Waals surface area contributed by atoms with Crippen LogP contribution in [0.5, 0.6) is 0 Å². The molecule has 1 aliphatic heterocycles. The molecule has 2 N–H and O–H groups in total. The third-order valence-corrected chi connectivity index (χ3v) is 2.01. The average molecular weight is 210 g/mol. The average Bonchev–Trinajstić information content (AvgIpc) is 2.34. The highest BCUT2D eigenvalue weighted by Crippen LogP contribution is 2.18. The second-order valence-corrected chi connectivity index (χ2v) is 2.73. The highest BCUT2D eigenvalue weighted by molar-refractivity contribution is 5.85. The van der Waals surface area contributed by atoms with Crippen molar-refractivity contribution in [3.05, 3.63) is 11.9 Å². The molecule has 12 heavy (non-hydrogen) atoms. The number of hydrogen-bond donors (Lipinski definition) is 1. The number of halogens is 2. The Morgan fingerprint density at radius 2 is 2.08 bits per heavy atom. The first-order valence-corrected chi connectivity index (χ1v) is 3.68. The monoisotopic (exact) mass is 209 g/mol. The Bertz CT molecular complexity index is 247. The molecule has 0 bridgehead atoms. The standard InChI is InChI=1S/C7H11N3.2ClH/c8-6-5-9-10-4-2-1-3-7(6)10;;/h5H,1-4,8H2;2*1H. The van der Waals surface area contributed by atoms with Crippen molar-refractivity contribution in [2.24, 2.45) is 0 Å². The van der Waals surface area contributed by atoms with E-state index in [4.69, 9.17) is 5.73 Å². The lowest BCUT2D eigenvalue weighted by atomic mass is 10.1. The van der Waals surface area contributed by atoms with Crippen molar-refractivity contribution < 1.29 is 0 Å². The van der Waals surface area contributed by atoms with Gasteiger partial charge in [-0.2, -0.15) is 5.10 Å².